The van der Waals surface area contributed by atoms with Crippen LogP contribution in [0.4, 0.5) is 0 Å². The predicted octanol–water partition coefficient (Wildman–Crippen LogP) is 3.43. The second-order valence-electron chi connectivity index (χ2n) is 4.30. The van der Waals surface area contributed by atoms with Gasteiger partial charge in [0.1, 0.15) is 6.61 Å². The van der Waals surface area contributed by atoms with Crippen LogP contribution in [0.1, 0.15) is 25.0 Å². The van der Waals surface area contributed by atoms with E-state index in [0.29, 0.717) is 17.5 Å². The lowest BCUT2D eigenvalue weighted by Gasteiger charge is -2.13. The maximum atomic E-state index is 5.97. The van der Waals surface area contributed by atoms with E-state index in [0.717, 1.165) is 11.1 Å². The number of nitrogens with zero attached hydrogens (tertiary/aromatic N) is 3. The Bertz CT molecular complexity index is 495. The number of ether oxygens (including phenoxy) is 1. The molecule has 0 bridgehead atoms. The van der Waals surface area contributed by atoms with E-state index >= 15 is 0 Å². The van der Waals surface area contributed by atoms with Gasteiger partial charge in [0.05, 0.1) is 0 Å². The summed E-state index contributed by atoms with van der Waals surface area (Å²) >= 11 is 5.97. The standard InChI is InChI=1S/C12H14ClN3O/c1-12(2,16-14-3)15-11-10-6-9(13)5-4-8(10)7-17-11/h4-6H,7H2,1-3H3/b15-11-,16-14?. The molecule has 0 unspecified atom stereocenters. The van der Waals surface area contributed by atoms with Crippen LogP contribution < -0.4 is 0 Å². The fourth-order valence-corrected chi connectivity index (χ4v) is 1.88. The summed E-state index contributed by atoms with van der Waals surface area (Å²) in [5.74, 6) is 0.583. The van der Waals surface area contributed by atoms with Crippen LogP contribution in [0.25, 0.3) is 0 Å². The lowest BCUT2D eigenvalue weighted by Crippen LogP contribution is -2.16. The quantitative estimate of drug-likeness (QED) is 0.743. The second kappa shape index (κ2) is 4.45. The van der Waals surface area contributed by atoms with Crippen molar-refractivity contribution in [1.29, 1.82) is 0 Å². The van der Waals surface area contributed by atoms with Gasteiger partial charge in [-0.1, -0.05) is 17.7 Å². The monoisotopic (exact) mass is 251 g/mol. The van der Waals surface area contributed by atoms with Crippen LogP contribution in [0.5, 0.6) is 0 Å². The Labute approximate surface area is 105 Å². The van der Waals surface area contributed by atoms with Crippen molar-refractivity contribution in [3.63, 3.8) is 0 Å². The zero-order valence-corrected chi connectivity index (χ0v) is 10.8. The molecule has 0 amide bonds. The van der Waals surface area contributed by atoms with Gasteiger partial charge in [0.2, 0.25) is 5.90 Å². The van der Waals surface area contributed by atoms with Gasteiger partial charge in [0.15, 0.2) is 5.66 Å². The maximum Gasteiger partial charge on any atom is 0.219 e. The molecule has 0 spiro atoms. The zero-order valence-electron chi connectivity index (χ0n) is 10.1. The number of hydrogen-bond donors (Lipinski definition) is 0. The maximum absolute atomic E-state index is 5.97. The van der Waals surface area contributed by atoms with E-state index < -0.39 is 5.66 Å². The van der Waals surface area contributed by atoms with Gasteiger partial charge in [0, 0.05) is 23.2 Å². The van der Waals surface area contributed by atoms with E-state index in [1.165, 1.54) is 0 Å². The number of aliphatic imine (C=N–C) groups is 1. The lowest BCUT2D eigenvalue weighted by molar-refractivity contribution is 0.305. The molecular weight excluding hydrogens is 238 g/mol. The van der Waals surface area contributed by atoms with Crippen molar-refractivity contribution in [2.75, 3.05) is 7.05 Å². The summed E-state index contributed by atoms with van der Waals surface area (Å²) in [5, 5.41) is 8.48. The molecule has 0 fully saturated rings. The Kier molecular flexibility index (Phi) is 3.15. The van der Waals surface area contributed by atoms with Gasteiger partial charge in [-0.15, -0.1) is 0 Å². The summed E-state index contributed by atoms with van der Waals surface area (Å²) < 4.78 is 5.55. The molecule has 90 valence electrons. The van der Waals surface area contributed by atoms with Gasteiger partial charge >= 0.3 is 0 Å². The number of benzene rings is 1. The van der Waals surface area contributed by atoms with Gasteiger partial charge in [0.25, 0.3) is 0 Å². The molecular formula is C12H14ClN3O. The van der Waals surface area contributed by atoms with Gasteiger partial charge in [-0.05, 0) is 26.0 Å². The van der Waals surface area contributed by atoms with Crippen molar-refractivity contribution in [3.8, 4) is 0 Å². The Morgan fingerprint density at radius 2 is 2.12 bits per heavy atom. The van der Waals surface area contributed by atoms with Crippen LogP contribution in [0, 0.1) is 0 Å². The van der Waals surface area contributed by atoms with Gasteiger partial charge in [-0.2, -0.15) is 10.2 Å². The molecule has 2 rings (SSSR count). The van der Waals surface area contributed by atoms with Crippen molar-refractivity contribution < 1.29 is 4.74 Å². The van der Waals surface area contributed by atoms with E-state index in [2.05, 4.69) is 15.2 Å². The summed E-state index contributed by atoms with van der Waals surface area (Å²) in [6.45, 7) is 4.28. The molecule has 0 aliphatic carbocycles. The Balaban J connectivity index is 2.39. The highest BCUT2D eigenvalue weighted by atomic mass is 35.5. The number of halogens is 1. The fraction of sp³-hybridized carbons (Fsp3) is 0.417. The number of hydrogen-bond acceptors (Lipinski definition) is 4. The molecule has 4 nitrogen and oxygen atoms in total. The first-order valence-corrected chi connectivity index (χ1v) is 5.72. The molecule has 1 heterocycles. The molecule has 0 radical (unpaired) electrons. The number of rotatable bonds is 2. The minimum Gasteiger partial charge on any atom is -0.473 e. The molecule has 1 aromatic rings. The van der Waals surface area contributed by atoms with Crippen LogP contribution in [-0.2, 0) is 11.3 Å². The van der Waals surface area contributed by atoms with E-state index in [1.54, 1.807) is 7.05 Å². The molecule has 0 saturated heterocycles. The minimum atomic E-state index is -0.617. The van der Waals surface area contributed by atoms with Crippen LogP contribution in [0.3, 0.4) is 0 Å². The van der Waals surface area contributed by atoms with Gasteiger partial charge in [-0.25, -0.2) is 4.99 Å². The summed E-state index contributed by atoms with van der Waals surface area (Å²) in [5.41, 5.74) is 1.42. The first-order chi connectivity index (χ1) is 8.02. The SMILES string of the molecule is CN=NC(C)(C)/N=C1\OCc2ccc(Cl)cc21. The zero-order chi connectivity index (χ0) is 12.5. The molecule has 1 aromatic carbocycles. The van der Waals surface area contributed by atoms with Crippen LogP contribution in [-0.4, -0.2) is 18.6 Å². The minimum absolute atomic E-state index is 0.532. The van der Waals surface area contributed by atoms with Gasteiger partial charge in [-0.3, -0.25) is 0 Å². The van der Waals surface area contributed by atoms with Crippen LogP contribution in [0.15, 0.2) is 33.4 Å². The smallest absolute Gasteiger partial charge is 0.219 e. The lowest BCUT2D eigenvalue weighted by atomic mass is 10.1. The van der Waals surface area contributed by atoms with Crippen molar-refractivity contribution in [1.82, 2.24) is 0 Å². The fourth-order valence-electron chi connectivity index (χ4n) is 1.71. The highest BCUT2D eigenvalue weighted by molar-refractivity contribution is 6.31. The highest BCUT2D eigenvalue weighted by Crippen LogP contribution is 2.26. The summed E-state index contributed by atoms with van der Waals surface area (Å²) in [4.78, 5) is 4.46. The first-order valence-electron chi connectivity index (χ1n) is 5.34. The average molecular weight is 252 g/mol. The van der Waals surface area contributed by atoms with E-state index in [1.807, 2.05) is 32.0 Å². The molecule has 0 N–H and O–H groups in total. The largest absolute Gasteiger partial charge is 0.473 e. The molecule has 0 atom stereocenters. The third-order valence-electron chi connectivity index (χ3n) is 2.39. The Morgan fingerprint density at radius 1 is 1.35 bits per heavy atom. The average Bonchev–Trinajstić information content (AvgIpc) is 2.60. The third-order valence-corrected chi connectivity index (χ3v) is 2.62. The van der Waals surface area contributed by atoms with E-state index in [-0.39, 0.29) is 0 Å². The summed E-state index contributed by atoms with van der Waals surface area (Å²) in [6, 6.07) is 5.67. The highest BCUT2D eigenvalue weighted by Gasteiger charge is 2.24. The van der Waals surface area contributed by atoms with Crippen molar-refractivity contribution in [2.45, 2.75) is 26.1 Å². The van der Waals surface area contributed by atoms with E-state index in [9.17, 15) is 0 Å². The molecule has 1 aliphatic heterocycles. The van der Waals surface area contributed by atoms with Gasteiger partial charge < -0.3 is 4.74 Å². The topological polar surface area (TPSA) is 46.3 Å². The van der Waals surface area contributed by atoms with Crippen LogP contribution in [0.2, 0.25) is 5.02 Å². The molecule has 17 heavy (non-hydrogen) atoms. The molecule has 0 saturated carbocycles. The summed E-state index contributed by atoms with van der Waals surface area (Å²) in [6.07, 6.45) is 0. The Hall–Kier alpha value is -1.42. The van der Waals surface area contributed by atoms with Crippen molar-refractivity contribution >= 4 is 17.5 Å². The van der Waals surface area contributed by atoms with E-state index in [4.69, 9.17) is 16.3 Å². The number of azo groups is 1. The second-order valence-corrected chi connectivity index (χ2v) is 4.74. The predicted molar refractivity (Wildman–Crippen MR) is 67.6 cm³/mol. The molecule has 0 aromatic heterocycles. The van der Waals surface area contributed by atoms with Crippen molar-refractivity contribution in [2.24, 2.45) is 15.2 Å². The van der Waals surface area contributed by atoms with Crippen LogP contribution >= 0.6 is 11.6 Å². The summed E-state index contributed by atoms with van der Waals surface area (Å²) in [7, 11) is 1.63. The number of fused-ring (bicyclic) bond motifs is 1. The molecule has 1 aliphatic rings. The third kappa shape index (κ3) is 2.64. The normalized spacial score (nSPS) is 17.5. The Morgan fingerprint density at radius 3 is 2.82 bits per heavy atom. The van der Waals surface area contributed by atoms with Crippen molar-refractivity contribution in [3.05, 3.63) is 34.3 Å². The first kappa shape index (κ1) is 12.0. The molecule has 5 heteroatoms.